The molecule has 0 unspecified atom stereocenters. The van der Waals surface area contributed by atoms with Gasteiger partial charge in [0.1, 0.15) is 5.75 Å². The fourth-order valence-corrected chi connectivity index (χ4v) is 2.31. The lowest BCUT2D eigenvalue weighted by Gasteiger charge is -2.11. The van der Waals surface area contributed by atoms with Crippen LogP contribution in [0.3, 0.4) is 0 Å². The molecule has 0 aliphatic carbocycles. The van der Waals surface area contributed by atoms with Gasteiger partial charge in [0, 0.05) is 4.47 Å². The van der Waals surface area contributed by atoms with Crippen LogP contribution < -0.4 is 5.32 Å². The molecule has 6 heteroatoms. The van der Waals surface area contributed by atoms with Crippen LogP contribution in [0.4, 0.5) is 5.69 Å². The van der Waals surface area contributed by atoms with E-state index in [-0.39, 0.29) is 22.6 Å². The van der Waals surface area contributed by atoms with Crippen molar-refractivity contribution in [1.82, 2.24) is 0 Å². The number of anilines is 1. The Morgan fingerprint density at radius 3 is 2.48 bits per heavy atom. The summed E-state index contributed by atoms with van der Waals surface area (Å²) < 4.78 is 0.447. The molecule has 0 radical (unpaired) electrons. The monoisotopic (exact) mass is 349 g/mol. The van der Waals surface area contributed by atoms with Crippen LogP contribution in [-0.2, 0) is 0 Å². The van der Waals surface area contributed by atoms with E-state index in [4.69, 9.17) is 5.11 Å². The highest BCUT2D eigenvalue weighted by molar-refractivity contribution is 9.10. The lowest BCUT2D eigenvalue weighted by atomic mass is 10.1. The van der Waals surface area contributed by atoms with E-state index in [0.717, 1.165) is 5.56 Å². The van der Waals surface area contributed by atoms with E-state index >= 15 is 0 Å². The Bertz CT molecular complexity index is 728. The third-order valence-electron chi connectivity index (χ3n) is 2.88. The number of aromatic hydroxyl groups is 1. The van der Waals surface area contributed by atoms with Gasteiger partial charge in [-0.3, -0.25) is 4.79 Å². The number of para-hydroxylation sites is 1. The number of carbonyl (C=O) groups is 2. The Labute approximate surface area is 129 Å². The van der Waals surface area contributed by atoms with Crippen LogP contribution in [-0.4, -0.2) is 22.1 Å². The van der Waals surface area contributed by atoms with E-state index in [0.29, 0.717) is 4.47 Å². The molecule has 2 rings (SSSR count). The van der Waals surface area contributed by atoms with Crippen LogP contribution in [0.15, 0.2) is 40.9 Å². The summed E-state index contributed by atoms with van der Waals surface area (Å²) in [6, 6.07) is 9.21. The summed E-state index contributed by atoms with van der Waals surface area (Å²) in [7, 11) is 0. The first-order chi connectivity index (χ1) is 9.90. The summed E-state index contributed by atoms with van der Waals surface area (Å²) in [5, 5.41) is 21.5. The van der Waals surface area contributed by atoms with Crippen LogP contribution in [0, 0.1) is 6.92 Å². The first kappa shape index (κ1) is 15.1. The second kappa shape index (κ2) is 5.97. The number of halogens is 1. The summed E-state index contributed by atoms with van der Waals surface area (Å²) in [6.07, 6.45) is 0. The quantitative estimate of drug-likeness (QED) is 0.792. The SMILES string of the molecule is Cc1ccc(C(=O)Nc2c(Br)cccc2C(=O)O)c(O)c1. The number of hydrogen-bond donors (Lipinski definition) is 3. The number of phenolic OH excluding ortho intramolecular Hbond substituents is 1. The second-order valence-corrected chi connectivity index (χ2v) is 5.30. The summed E-state index contributed by atoms with van der Waals surface area (Å²) >= 11 is 3.21. The van der Waals surface area contributed by atoms with Gasteiger partial charge in [-0.1, -0.05) is 12.1 Å². The van der Waals surface area contributed by atoms with Gasteiger partial charge in [-0.2, -0.15) is 0 Å². The number of aromatic carboxylic acids is 1. The first-order valence-electron chi connectivity index (χ1n) is 6.03. The summed E-state index contributed by atoms with van der Waals surface area (Å²) in [6.45, 7) is 1.79. The van der Waals surface area contributed by atoms with Crippen molar-refractivity contribution in [3.63, 3.8) is 0 Å². The van der Waals surface area contributed by atoms with Crippen molar-refractivity contribution >= 4 is 33.5 Å². The lowest BCUT2D eigenvalue weighted by Crippen LogP contribution is -2.15. The normalized spacial score (nSPS) is 10.2. The van der Waals surface area contributed by atoms with Crippen LogP contribution in [0.5, 0.6) is 5.75 Å². The van der Waals surface area contributed by atoms with Crippen molar-refractivity contribution in [2.24, 2.45) is 0 Å². The minimum absolute atomic E-state index is 0.0377. The average Bonchev–Trinajstić information content (AvgIpc) is 2.40. The third-order valence-corrected chi connectivity index (χ3v) is 3.54. The molecule has 0 aliphatic heterocycles. The number of carboxylic acids is 1. The highest BCUT2D eigenvalue weighted by Gasteiger charge is 2.18. The third kappa shape index (κ3) is 3.22. The van der Waals surface area contributed by atoms with Gasteiger partial charge < -0.3 is 15.5 Å². The van der Waals surface area contributed by atoms with Crippen molar-refractivity contribution < 1.29 is 19.8 Å². The lowest BCUT2D eigenvalue weighted by molar-refractivity contribution is 0.0698. The van der Waals surface area contributed by atoms with Gasteiger partial charge in [0.2, 0.25) is 0 Å². The first-order valence-corrected chi connectivity index (χ1v) is 6.82. The zero-order valence-corrected chi connectivity index (χ0v) is 12.6. The molecule has 0 aromatic heterocycles. The standard InChI is InChI=1S/C15H12BrNO4/c1-8-5-6-9(12(18)7-8)14(19)17-13-10(15(20)21)3-2-4-11(13)16/h2-7,18H,1H3,(H,17,19)(H,20,21). The van der Waals surface area contributed by atoms with Crippen LogP contribution in [0.2, 0.25) is 0 Å². The molecule has 0 heterocycles. The fraction of sp³-hybridized carbons (Fsp3) is 0.0667. The molecule has 2 aromatic carbocycles. The number of benzene rings is 2. The summed E-state index contributed by atoms with van der Waals surface area (Å²) in [5.74, 6) is -1.89. The Hall–Kier alpha value is -2.34. The van der Waals surface area contributed by atoms with E-state index in [9.17, 15) is 14.7 Å². The number of carbonyl (C=O) groups excluding carboxylic acids is 1. The number of rotatable bonds is 3. The molecule has 0 saturated carbocycles. The fourth-order valence-electron chi connectivity index (χ4n) is 1.84. The van der Waals surface area contributed by atoms with E-state index in [1.807, 2.05) is 0 Å². The number of amides is 1. The summed E-state index contributed by atoms with van der Waals surface area (Å²) in [4.78, 5) is 23.4. The van der Waals surface area contributed by atoms with Crippen molar-refractivity contribution in [2.45, 2.75) is 6.92 Å². The van der Waals surface area contributed by atoms with Gasteiger partial charge in [0.15, 0.2) is 0 Å². The van der Waals surface area contributed by atoms with Crippen molar-refractivity contribution in [3.05, 3.63) is 57.6 Å². The predicted molar refractivity (Wildman–Crippen MR) is 81.9 cm³/mol. The molecule has 108 valence electrons. The Morgan fingerprint density at radius 2 is 1.86 bits per heavy atom. The van der Waals surface area contributed by atoms with Crippen molar-refractivity contribution in [2.75, 3.05) is 5.32 Å². The Morgan fingerprint density at radius 1 is 1.14 bits per heavy atom. The van der Waals surface area contributed by atoms with E-state index in [1.54, 1.807) is 25.1 Å². The molecule has 0 saturated heterocycles. The second-order valence-electron chi connectivity index (χ2n) is 4.44. The van der Waals surface area contributed by atoms with E-state index < -0.39 is 11.9 Å². The zero-order valence-electron chi connectivity index (χ0n) is 11.1. The van der Waals surface area contributed by atoms with E-state index in [1.165, 1.54) is 18.2 Å². The number of phenols is 1. The van der Waals surface area contributed by atoms with Crippen molar-refractivity contribution in [3.8, 4) is 5.75 Å². The largest absolute Gasteiger partial charge is 0.507 e. The van der Waals surface area contributed by atoms with Gasteiger partial charge >= 0.3 is 5.97 Å². The summed E-state index contributed by atoms with van der Waals surface area (Å²) in [5.41, 5.74) is 1.00. The molecule has 0 atom stereocenters. The highest BCUT2D eigenvalue weighted by Crippen LogP contribution is 2.28. The number of aryl methyl sites for hydroxylation is 1. The maximum absolute atomic E-state index is 12.2. The van der Waals surface area contributed by atoms with Crippen LogP contribution >= 0.6 is 15.9 Å². The topological polar surface area (TPSA) is 86.6 Å². The molecule has 1 amide bonds. The van der Waals surface area contributed by atoms with Crippen molar-refractivity contribution in [1.29, 1.82) is 0 Å². The molecule has 0 aliphatic rings. The molecule has 3 N–H and O–H groups in total. The van der Waals surface area contributed by atoms with Gasteiger partial charge in [-0.05, 0) is 52.7 Å². The molecule has 5 nitrogen and oxygen atoms in total. The molecular weight excluding hydrogens is 338 g/mol. The number of hydrogen-bond acceptors (Lipinski definition) is 3. The Kier molecular flexibility index (Phi) is 4.28. The minimum Gasteiger partial charge on any atom is -0.507 e. The van der Waals surface area contributed by atoms with Gasteiger partial charge in [-0.25, -0.2) is 4.79 Å². The molecule has 2 aromatic rings. The maximum Gasteiger partial charge on any atom is 0.337 e. The number of nitrogens with one attached hydrogen (secondary N) is 1. The van der Waals surface area contributed by atoms with Gasteiger partial charge in [0.05, 0.1) is 16.8 Å². The molecule has 21 heavy (non-hydrogen) atoms. The molecular formula is C15H12BrNO4. The zero-order chi connectivity index (χ0) is 15.6. The van der Waals surface area contributed by atoms with E-state index in [2.05, 4.69) is 21.2 Å². The predicted octanol–water partition coefficient (Wildman–Crippen LogP) is 3.41. The Balaban J connectivity index is 2.38. The minimum atomic E-state index is -1.15. The molecule has 0 bridgehead atoms. The molecule has 0 spiro atoms. The van der Waals surface area contributed by atoms with Crippen LogP contribution in [0.1, 0.15) is 26.3 Å². The smallest absolute Gasteiger partial charge is 0.337 e. The van der Waals surface area contributed by atoms with Crippen LogP contribution in [0.25, 0.3) is 0 Å². The average molecular weight is 350 g/mol. The number of carboxylic acid groups (broad SMARTS) is 1. The molecule has 0 fully saturated rings. The highest BCUT2D eigenvalue weighted by atomic mass is 79.9. The van der Waals surface area contributed by atoms with Gasteiger partial charge in [0.25, 0.3) is 5.91 Å². The maximum atomic E-state index is 12.2. The van der Waals surface area contributed by atoms with Gasteiger partial charge in [-0.15, -0.1) is 0 Å².